The zero-order valence-electron chi connectivity index (χ0n) is 22.3. The first kappa shape index (κ1) is 29.9. The number of azo groups is 1. The maximum Gasteiger partial charge on any atom is 2.00 e. The number of aromatic nitrogens is 1. The van der Waals surface area contributed by atoms with Gasteiger partial charge in [-0.2, -0.15) is 0 Å². The Morgan fingerprint density at radius 1 is 0.703 bits per heavy atom. The van der Waals surface area contributed by atoms with Gasteiger partial charge < -0.3 is 10.4 Å². The monoisotopic (exact) mass is 673 g/mol. The molecule has 6 heteroatoms. The minimum atomic E-state index is -0.195. The fraction of sp³-hybridized carbons (Fsp3) is 0.258. The van der Waals surface area contributed by atoms with Crippen molar-refractivity contribution >= 4 is 22.9 Å². The summed E-state index contributed by atoms with van der Waals surface area (Å²) in [6, 6.07) is 28.8. The van der Waals surface area contributed by atoms with Gasteiger partial charge in [0.25, 0.3) is 0 Å². The minimum absolute atomic E-state index is 0. The van der Waals surface area contributed by atoms with E-state index in [0.29, 0.717) is 11.5 Å². The topological polar surface area (TPSA) is 74.8 Å². The third kappa shape index (κ3) is 9.26. The van der Waals surface area contributed by atoms with Crippen molar-refractivity contribution in [2.75, 3.05) is 0 Å². The molecule has 0 aliphatic carbocycles. The summed E-state index contributed by atoms with van der Waals surface area (Å²) in [5.41, 5.74) is 3.93. The molecule has 1 aromatic heterocycles. The fourth-order valence-corrected chi connectivity index (χ4v) is 3.34. The smallest absolute Gasteiger partial charge is 0.873 e. The number of benzene rings is 3. The molecule has 37 heavy (non-hydrogen) atoms. The molecule has 0 aliphatic rings. The van der Waals surface area contributed by atoms with Gasteiger partial charge in [0.15, 0.2) is 5.82 Å². The predicted molar refractivity (Wildman–Crippen MR) is 147 cm³/mol. The number of nitrogens with zero attached hydrogens (tertiary/aromatic N) is 4. The van der Waals surface area contributed by atoms with Gasteiger partial charge in [-0.3, -0.25) is 0 Å². The summed E-state index contributed by atoms with van der Waals surface area (Å²) in [6.07, 6.45) is 1.69. The van der Waals surface area contributed by atoms with Crippen LogP contribution in [0.3, 0.4) is 0 Å². The largest absolute Gasteiger partial charge is 2.00 e. The van der Waals surface area contributed by atoms with E-state index in [1.807, 2.05) is 91.0 Å². The second-order valence-electron chi connectivity index (χ2n) is 10.5. The van der Waals surface area contributed by atoms with Crippen molar-refractivity contribution in [3.63, 3.8) is 0 Å². The molecular formula is C31H34N4OPt. The van der Waals surface area contributed by atoms with Crippen molar-refractivity contribution in [1.82, 2.24) is 4.98 Å². The van der Waals surface area contributed by atoms with Gasteiger partial charge in [-0.25, -0.2) is 4.98 Å². The van der Waals surface area contributed by atoms with E-state index < -0.39 is 0 Å². The number of hydrogen-bond acceptors (Lipinski definition) is 4. The van der Waals surface area contributed by atoms with Crippen LogP contribution in [0.1, 0.15) is 52.7 Å². The summed E-state index contributed by atoms with van der Waals surface area (Å²) in [5, 5.41) is 25.4. The standard InChI is InChI=1S/C20H26NO.C11H9N3.Pt/c1-19(2,3)14-12-16(20(4,5)6)18(22)17(13-14)21-15-10-8-7-9-11-15;1-2-6-10(7-3-1)13-14-11-8-4-5-9-12-11;/h7-13,22H,1-6H3;1-9H;/q-1;;+2/p-1. The Morgan fingerprint density at radius 3 is 1.84 bits per heavy atom. The van der Waals surface area contributed by atoms with Crippen LogP contribution in [-0.4, -0.2) is 4.98 Å². The average Bonchev–Trinajstić information content (AvgIpc) is 2.85. The third-order valence-electron chi connectivity index (χ3n) is 5.42. The van der Waals surface area contributed by atoms with Crippen LogP contribution >= 0.6 is 0 Å². The van der Waals surface area contributed by atoms with E-state index in [2.05, 4.69) is 62.1 Å². The summed E-state index contributed by atoms with van der Waals surface area (Å²) >= 11 is 0. The van der Waals surface area contributed by atoms with Crippen LogP contribution in [0, 0.1) is 0 Å². The molecule has 0 unspecified atom stereocenters. The molecule has 0 saturated carbocycles. The molecule has 0 saturated heterocycles. The zero-order valence-corrected chi connectivity index (χ0v) is 24.5. The molecule has 0 fully saturated rings. The quantitative estimate of drug-likeness (QED) is 0.203. The van der Waals surface area contributed by atoms with E-state index in [9.17, 15) is 5.11 Å². The number of pyridine rings is 1. The molecule has 0 radical (unpaired) electrons. The SMILES string of the molecule is CC(C)(C)c1cc([N-]c2ccccc2)c([O-])c(C(C)(C)C)c1.[Pt+2].c1ccc(N=Nc2ccccn2)cc1. The Bertz CT molecular complexity index is 1220. The molecule has 0 bridgehead atoms. The first-order valence-electron chi connectivity index (χ1n) is 12.0. The molecule has 0 atom stereocenters. The molecule has 1 heterocycles. The van der Waals surface area contributed by atoms with Gasteiger partial charge >= 0.3 is 21.1 Å². The van der Waals surface area contributed by atoms with Crippen LogP contribution in [0.15, 0.2) is 107 Å². The summed E-state index contributed by atoms with van der Waals surface area (Å²) < 4.78 is 0. The van der Waals surface area contributed by atoms with Crippen molar-refractivity contribution < 1.29 is 26.2 Å². The molecule has 194 valence electrons. The average molecular weight is 674 g/mol. The van der Waals surface area contributed by atoms with Crippen LogP contribution in [-0.2, 0) is 31.9 Å². The first-order chi connectivity index (χ1) is 17.0. The van der Waals surface area contributed by atoms with E-state index in [4.69, 9.17) is 0 Å². The first-order valence-corrected chi connectivity index (χ1v) is 12.0. The number of para-hydroxylation sites is 1. The van der Waals surface area contributed by atoms with Crippen molar-refractivity contribution in [2.45, 2.75) is 52.4 Å². The van der Waals surface area contributed by atoms with Gasteiger partial charge in [-0.1, -0.05) is 114 Å². The molecule has 5 nitrogen and oxygen atoms in total. The van der Waals surface area contributed by atoms with Crippen LogP contribution in [0.2, 0.25) is 0 Å². The third-order valence-corrected chi connectivity index (χ3v) is 5.42. The Labute approximate surface area is 235 Å². The van der Waals surface area contributed by atoms with Crippen LogP contribution in [0.4, 0.5) is 22.9 Å². The summed E-state index contributed by atoms with van der Waals surface area (Å²) in [7, 11) is 0. The molecule has 4 aromatic rings. The van der Waals surface area contributed by atoms with Crippen molar-refractivity contribution in [3.05, 3.63) is 114 Å². The van der Waals surface area contributed by atoms with Crippen LogP contribution < -0.4 is 5.11 Å². The second kappa shape index (κ2) is 13.3. The van der Waals surface area contributed by atoms with Crippen LogP contribution in [0.25, 0.3) is 5.32 Å². The molecule has 0 amide bonds. The van der Waals surface area contributed by atoms with Gasteiger partial charge in [0.2, 0.25) is 0 Å². The Balaban J connectivity index is 0.000000277. The van der Waals surface area contributed by atoms with E-state index >= 15 is 0 Å². The minimum Gasteiger partial charge on any atom is -0.873 e. The molecule has 4 rings (SSSR count). The van der Waals surface area contributed by atoms with Crippen molar-refractivity contribution in [2.24, 2.45) is 10.2 Å². The van der Waals surface area contributed by atoms with Crippen molar-refractivity contribution in [3.8, 4) is 5.75 Å². The fourth-order valence-electron chi connectivity index (χ4n) is 3.34. The molecule has 3 aromatic carbocycles. The van der Waals surface area contributed by atoms with Gasteiger partial charge in [0, 0.05) is 6.20 Å². The molecular weight excluding hydrogens is 639 g/mol. The Hall–Kier alpha value is -3.30. The molecule has 0 spiro atoms. The second-order valence-corrected chi connectivity index (χ2v) is 10.5. The predicted octanol–water partition coefficient (Wildman–Crippen LogP) is 9.19. The van der Waals surface area contributed by atoms with E-state index in [1.54, 1.807) is 6.20 Å². The van der Waals surface area contributed by atoms with Crippen LogP contribution in [0.5, 0.6) is 5.75 Å². The maximum atomic E-state index is 12.8. The zero-order chi connectivity index (χ0) is 26.2. The summed E-state index contributed by atoms with van der Waals surface area (Å²) in [6.45, 7) is 12.7. The molecule has 0 aliphatic heterocycles. The van der Waals surface area contributed by atoms with Gasteiger partial charge in [-0.05, 0) is 40.7 Å². The van der Waals surface area contributed by atoms with Crippen molar-refractivity contribution in [1.29, 1.82) is 0 Å². The molecule has 0 N–H and O–H groups in total. The normalized spacial score (nSPS) is 11.3. The van der Waals surface area contributed by atoms with E-state index in [0.717, 1.165) is 22.5 Å². The van der Waals surface area contributed by atoms with Gasteiger partial charge in [0.05, 0.1) is 5.69 Å². The number of hydrogen-bond donors (Lipinski definition) is 0. The van der Waals surface area contributed by atoms with Gasteiger partial charge in [-0.15, -0.1) is 27.4 Å². The number of rotatable bonds is 4. The Morgan fingerprint density at radius 2 is 1.30 bits per heavy atom. The summed E-state index contributed by atoms with van der Waals surface area (Å²) in [4.78, 5) is 4.03. The summed E-state index contributed by atoms with van der Waals surface area (Å²) in [5.74, 6) is 0.653. The van der Waals surface area contributed by atoms with E-state index in [1.165, 1.54) is 0 Å². The van der Waals surface area contributed by atoms with Gasteiger partial charge in [0.1, 0.15) is 0 Å². The Kier molecular flexibility index (Phi) is 10.8. The maximum absolute atomic E-state index is 12.8. The van der Waals surface area contributed by atoms with E-state index in [-0.39, 0.29) is 37.6 Å².